The maximum absolute atomic E-state index is 13.3. The lowest BCUT2D eigenvalue weighted by Crippen LogP contribution is -2.36. The Bertz CT molecular complexity index is 1030. The van der Waals surface area contributed by atoms with Crippen LogP contribution in [0, 0.1) is 31.6 Å². The van der Waals surface area contributed by atoms with Crippen molar-refractivity contribution in [1.29, 1.82) is 0 Å². The fraction of sp³-hybridized carbons (Fsp3) is 0.548. The van der Waals surface area contributed by atoms with Gasteiger partial charge in [0.25, 0.3) is 5.91 Å². The van der Waals surface area contributed by atoms with E-state index in [4.69, 9.17) is 0 Å². The van der Waals surface area contributed by atoms with Gasteiger partial charge in [0.05, 0.1) is 6.04 Å². The molecule has 0 aromatic heterocycles. The summed E-state index contributed by atoms with van der Waals surface area (Å²) < 4.78 is 0. The van der Waals surface area contributed by atoms with Crippen molar-refractivity contribution in [3.63, 3.8) is 0 Å². The van der Waals surface area contributed by atoms with Gasteiger partial charge in [-0.2, -0.15) is 0 Å². The second-order valence-electron chi connectivity index (χ2n) is 11.4. The van der Waals surface area contributed by atoms with E-state index in [2.05, 4.69) is 39.4 Å². The van der Waals surface area contributed by atoms with Gasteiger partial charge < -0.3 is 15.1 Å². The highest BCUT2D eigenvalue weighted by atomic mass is 16.2. The van der Waals surface area contributed by atoms with Gasteiger partial charge in [0.2, 0.25) is 5.91 Å². The maximum Gasteiger partial charge on any atom is 0.254 e. The number of rotatable bonds is 8. The minimum absolute atomic E-state index is 0.0580. The molecule has 5 heteroatoms. The summed E-state index contributed by atoms with van der Waals surface area (Å²) in [6.07, 6.45) is 6.52. The fourth-order valence-corrected chi connectivity index (χ4v) is 6.80. The topological polar surface area (TPSA) is 52.7 Å². The van der Waals surface area contributed by atoms with Gasteiger partial charge in [0.15, 0.2) is 0 Å². The van der Waals surface area contributed by atoms with Crippen molar-refractivity contribution in [2.24, 2.45) is 17.8 Å². The van der Waals surface area contributed by atoms with E-state index in [9.17, 15) is 9.59 Å². The van der Waals surface area contributed by atoms with Crippen molar-refractivity contribution in [2.75, 3.05) is 32.7 Å². The highest BCUT2D eigenvalue weighted by Crippen LogP contribution is 2.33. The number of nitrogens with zero attached hydrogens (tertiary/aromatic N) is 2. The Balaban J connectivity index is 1.15. The van der Waals surface area contributed by atoms with Gasteiger partial charge in [0.1, 0.15) is 0 Å². The smallest absolute Gasteiger partial charge is 0.254 e. The van der Waals surface area contributed by atoms with E-state index in [1.807, 2.05) is 38.1 Å². The third kappa shape index (κ3) is 5.67. The Morgan fingerprint density at radius 1 is 0.889 bits per heavy atom. The molecule has 3 atom stereocenters. The minimum Gasteiger partial charge on any atom is -0.349 e. The molecular formula is C31H41N3O2. The molecule has 3 fully saturated rings. The highest BCUT2D eigenvalue weighted by Gasteiger charge is 2.42. The second kappa shape index (κ2) is 11.2. The van der Waals surface area contributed by atoms with Crippen molar-refractivity contribution >= 4 is 11.8 Å². The predicted molar refractivity (Wildman–Crippen MR) is 144 cm³/mol. The number of hydrogen-bond acceptors (Lipinski definition) is 3. The summed E-state index contributed by atoms with van der Waals surface area (Å²) in [6.45, 7) is 8.84. The van der Waals surface area contributed by atoms with Crippen molar-refractivity contribution < 1.29 is 9.59 Å². The zero-order valence-corrected chi connectivity index (χ0v) is 21.9. The predicted octanol–water partition coefficient (Wildman–Crippen LogP) is 5.14. The zero-order valence-electron chi connectivity index (χ0n) is 21.9. The third-order valence-electron chi connectivity index (χ3n) is 8.76. The lowest BCUT2D eigenvalue weighted by atomic mass is 10.0. The van der Waals surface area contributed by atoms with Crippen molar-refractivity contribution in [1.82, 2.24) is 15.1 Å². The van der Waals surface area contributed by atoms with E-state index in [0.717, 1.165) is 55.8 Å². The van der Waals surface area contributed by atoms with Crippen LogP contribution in [-0.2, 0) is 4.79 Å². The molecule has 2 aliphatic heterocycles. The molecular weight excluding hydrogens is 446 g/mol. The molecule has 2 amide bonds. The molecule has 5 nitrogen and oxygen atoms in total. The SMILES string of the molecule is Cc1cccc(C)c1C(=O)N1CC2CN(CCC(NC(=O)CC3CCCC3)c3ccccc3)C[C@H]2C1. The number of aryl methyl sites for hydroxylation is 2. The Labute approximate surface area is 216 Å². The van der Waals surface area contributed by atoms with Gasteiger partial charge in [0, 0.05) is 44.7 Å². The molecule has 2 unspecified atom stereocenters. The number of carbonyl (C=O) groups excluding carboxylic acids is 2. The molecule has 2 aromatic rings. The molecule has 0 spiro atoms. The molecule has 5 rings (SSSR count). The van der Waals surface area contributed by atoms with Gasteiger partial charge in [-0.25, -0.2) is 0 Å². The Kier molecular flexibility index (Phi) is 7.76. The van der Waals surface area contributed by atoms with Crippen LogP contribution in [0.25, 0.3) is 0 Å². The standard InChI is InChI=1S/C31H41N3O2/c1-22-9-8-10-23(2)30(22)31(36)34-20-26-18-33(19-27(26)21-34)16-15-28(25-13-4-3-5-14-25)32-29(35)17-24-11-6-7-12-24/h3-5,8-10,13-14,24,26-28H,6-7,11-12,15-21H2,1-2H3,(H,32,35)/t26-,27?,28?/m0/s1. The monoisotopic (exact) mass is 487 g/mol. The van der Waals surface area contributed by atoms with Crippen LogP contribution < -0.4 is 5.32 Å². The zero-order chi connectivity index (χ0) is 25.1. The van der Waals surface area contributed by atoms with Crippen LogP contribution in [0.15, 0.2) is 48.5 Å². The van der Waals surface area contributed by atoms with E-state index in [0.29, 0.717) is 24.2 Å². The Morgan fingerprint density at radius 3 is 2.17 bits per heavy atom. The van der Waals surface area contributed by atoms with Crippen molar-refractivity contribution in [3.05, 3.63) is 70.8 Å². The van der Waals surface area contributed by atoms with Crippen molar-refractivity contribution in [2.45, 2.75) is 58.4 Å². The van der Waals surface area contributed by atoms with Gasteiger partial charge >= 0.3 is 0 Å². The van der Waals surface area contributed by atoms with Crippen LogP contribution in [0.1, 0.15) is 71.6 Å². The van der Waals surface area contributed by atoms with Gasteiger partial charge in [-0.3, -0.25) is 9.59 Å². The fourth-order valence-electron chi connectivity index (χ4n) is 6.80. The first-order valence-corrected chi connectivity index (χ1v) is 13.9. The number of carbonyl (C=O) groups is 2. The molecule has 36 heavy (non-hydrogen) atoms. The average molecular weight is 488 g/mol. The van der Waals surface area contributed by atoms with E-state index in [1.165, 1.54) is 31.2 Å². The number of amides is 2. The molecule has 0 bridgehead atoms. The molecule has 1 N–H and O–H groups in total. The third-order valence-corrected chi connectivity index (χ3v) is 8.76. The van der Waals surface area contributed by atoms with Crippen LogP contribution in [0.4, 0.5) is 0 Å². The molecule has 3 aliphatic rings. The van der Waals surface area contributed by atoms with E-state index in [-0.39, 0.29) is 17.9 Å². The van der Waals surface area contributed by atoms with Crippen LogP contribution in [-0.4, -0.2) is 54.3 Å². The summed E-state index contributed by atoms with van der Waals surface area (Å²) in [4.78, 5) is 30.7. The first kappa shape index (κ1) is 25.0. The Hall–Kier alpha value is -2.66. The summed E-state index contributed by atoms with van der Waals surface area (Å²) in [7, 11) is 0. The minimum atomic E-state index is 0.0580. The van der Waals surface area contributed by atoms with Gasteiger partial charge in [-0.1, -0.05) is 61.4 Å². The summed E-state index contributed by atoms with van der Waals surface area (Å²) >= 11 is 0. The lowest BCUT2D eigenvalue weighted by Gasteiger charge is -2.25. The first-order valence-electron chi connectivity index (χ1n) is 13.9. The van der Waals surface area contributed by atoms with Crippen molar-refractivity contribution in [3.8, 4) is 0 Å². The number of likely N-dealkylation sites (tertiary alicyclic amines) is 2. The lowest BCUT2D eigenvalue weighted by molar-refractivity contribution is -0.122. The van der Waals surface area contributed by atoms with E-state index in [1.54, 1.807) is 0 Å². The molecule has 1 aliphatic carbocycles. The summed E-state index contributed by atoms with van der Waals surface area (Å²) in [5.74, 6) is 2.06. The largest absolute Gasteiger partial charge is 0.349 e. The van der Waals surface area contributed by atoms with E-state index < -0.39 is 0 Å². The quantitative estimate of drug-likeness (QED) is 0.561. The number of benzene rings is 2. The first-order chi connectivity index (χ1) is 17.5. The number of nitrogens with one attached hydrogen (secondary N) is 1. The highest BCUT2D eigenvalue weighted by molar-refractivity contribution is 5.97. The molecule has 2 aromatic carbocycles. The van der Waals surface area contributed by atoms with Crippen LogP contribution >= 0.6 is 0 Å². The molecule has 2 saturated heterocycles. The molecule has 2 heterocycles. The normalized spacial score (nSPS) is 23.1. The van der Waals surface area contributed by atoms with Gasteiger partial charge in [-0.15, -0.1) is 0 Å². The molecule has 0 radical (unpaired) electrons. The number of fused-ring (bicyclic) bond motifs is 1. The number of hydrogen-bond donors (Lipinski definition) is 1. The molecule has 1 saturated carbocycles. The van der Waals surface area contributed by atoms with Crippen LogP contribution in [0.2, 0.25) is 0 Å². The van der Waals surface area contributed by atoms with Gasteiger partial charge in [-0.05, 0) is 67.6 Å². The van der Waals surface area contributed by atoms with Crippen LogP contribution in [0.3, 0.4) is 0 Å². The second-order valence-corrected chi connectivity index (χ2v) is 11.4. The van der Waals surface area contributed by atoms with Crippen LogP contribution in [0.5, 0.6) is 0 Å². The summed E-state index contributed by atoms with van der Waals surface area (Å²) in [5.41, 5.74) is 4.22. The average Bonchev–Trinajstić information content (AvgIpc) is 3.59. The summed E-state index contributed by atoms with van der Waals surface area (Å²) in [5, 5.41) is 3.37. The molecule has 192 valence electrons. The Morgan fingerprint density at radius 2 is 1.53 bits per heavy atom. The maximum atomic E-state index is 13.3. The summed E-state index contributed by atoms with van der Waals surface area (Å²) in [6, 6.07) is 16.6. The van der Waals surface area contributed by atoms with E-state index >= 15 is 0 Å².